The maximum Gasteiger partial charge on any atom is 0.146 e. The van der Waals surface area contributed by atoms with E-state index in [-0.39, 0.29) is 11.9 Å². The fourth-order valence-electron chi connectivity index (χ4n) is 3.03. The van der Waals surface area contributed by atoms with Crippen molar-refractivity contribution in [3.8, 4) is 0 Å². The van der Waals surface area contributed by atoms with Crippen LogP contribution in [-0.2, 0) is 0 Å². The SMILES string of the molecule is CCN(CC1CCCCCC1N)c1ccccc1F. The van der Waals surface area contributed by atoms with Gasteiger partial charge in [-0.1, -0.05) is 31.4 Å². The predicted molar refractivity (Wildman–Crippen MR) is 78.8 cm³/mol. The van der Waals surface area contributed by atoms with Crippen LogP contribution in [0.4, 0.5) is 10.1 Å². The van der Waals surface area contributed by atoms with Crippen molar-refractivity contribution in [1.29, 1.82) is 0 Å². The van der Waals surface area contributed by atoms with Crippen molar-refractivity contribution < 1.29 is 4.39 Å². The summed E-state index contributed by atoms with van der Waals surface area (Å²) >= 11 is 0. The summed E-state index contributed by atoms with van der Waals surface area (Å²) in [5.74, 6) is 0.355. The summed E-state index contributed by atoms with van der Waals surface area (Å²) in [7, 11) is 0. The number of anilines is 1. The van der Waals surface area contributed by atoms with Crippen molar-refractivity contribution in [2.45, 2.75) is 45.1 Å². The minimum Gasteiger partial charge on any atom is -0.369 e. The lowest BCUT2D eigenvalue weighted by Crippen LogP contribution is -2.39. The standard InChI is InChI=1S/C16H25FN2/c1-2-19(16-11-7-6-9-14(16)17)12-13-8-4-3-5-10-15(13)18/h6-7,9,11,13,15H,2-5,8,10,12,18H2,1H3. The molecule has 1 aromatic rings. The highest BCUT2D eigenvalue weighted by Crippen LogP contribution is 2.26. The normalized spacial score (nSPS) is 23.9. The second-order valence-corrected chi connectivity index (χ2v) is 5.55. The fraction of sp³-hybridized carbons (Fsp3) is 0.625. The van der Waals surface area contributed by atoms with Crippen LogP contribution in [0.1, 0.15) is 39.0 Å². The van der Waals surface area contributed by atoms with E-state index in [0.717, 1.165) is 19.5 Å². The van der Waals surface area contributed by atoms with Gasteiger partial charge in [0.05, 0.1) is 5.69 Å². The first-order valence-corrected chi connectivity index (χ1v) is 7.47. The molecular weight excluding hydrogens is 239 g/mol. The van der Waals surface area contributed by atoms with Crippen LogP contribution < -0.4 is 10.6 Å². The number of halogens is 1. The largest absolute Gasteiger partial charge is 0.369 e. The third-order valence-corrected chi connectivity index (χ3v) is 4.25. The van der Waals surface area contributed by atoms with Gasteiger partial charge in [0, 0.05) is 19.1 Å². The molecule has 2 unspecified atom stereocenters. The van der Waals surface area contributed by atoms with Crippen LogP contribution >= 0.6 is 0 Å². The van der Waals surface area contributed by atoms with Crippen LogP contribution in [0.25, 0.3) is 0 Å². The summed E-state index contributed by atoms with van der Waals surface area (Å²) < 4.78 is 13.9. The molecule has 3 heteroatoms. The highest BCUT2D eigenvalue weighted by Gasteiger charge is 2.23. The molecule has 0 heterocycles. The first-order valence-electron chi connectivity index (χ1n) is 7.47. The molecular formula is C16H25FN2. The molecule has 0 amide bonds. The van der Waals surface area contributed by atoms with Gasteiger partial charge in [-0.25, -0.2) is 4.39 Å². The molecule has 0 spiro atoms. The summed E-state index contributed by atoms with van der Waals surface area (Å²) in [6.07, 6.45) is 6.07. The van der Waals surface area contributed by atoms with Crippen molar-refractivity contribution in [3.63, 3.8) is 0 Å². The Bertz CT molecular complexity index is 394. The number of nitrogens with two attached hydrogens (primary N) is 1. The van der Waals surface area contributed by atoms with E-state index >= 15 is 0 Å². The minimum atomic E-state index is -0.133. The van der Waals surface area contributed by atoms with Gasteiger partial charge in [-0.2, -0.15) is 0 Å². The van der Waals surface area contributed by atoms with Crippen LogP contribution in [0.3, 0.4) is 0 Å². The van der Waals surface area contributed by atoms with E-state index in [1.165, 1.54) is 31.7 Å². The summed E-state index contributed by atoms with van der Waals surface area (Å²) in [6, 6.07) is 7.30. The first-order chi connectivity index (χ1) is 9.22. The number of rotatable bonds is 4. The van der Waals surface area contributed by atoms with Crippen molar-refractivity contribution in [2.75, 3.05) is 18.0 Å². The van der Waals surface area contributed by atoms with E-state index in [0.29, 0.717) is 11.6 Å². The lowest BCUT2D eigenvalue weighted by Gasteiger charge is -2.31. The monoisotopic (exact) mass is 264 g/mol. The average molecular weight is 264 g/mol. The molecule has 1 saturated carbocycles. The van der Waals surface area contributed by atoms with Crippen LogP contribution in [0.5, 0.6) is 0 Å². The summed E-state index contributed by atoms with van der Waals surface area (Å²) in [5.41, 5.74) is 6.99. The Morgan fingerprint density at radius 2 is 1.95 bits per heavy atom. The van der Waals surface area contributed by atoms with E-state index in [2.05, 4.69) is 11.8 Å². The van der Waals surface area contributed by atoms with Gasteiger partial charge in [0.25, 0.3) is 0 Å². The van der Waals surface area contributed by atoms with E-state index in [1.54, 1.807) is 6.07 Å². The molecule has 2 N–H and O–H groups in total. The lowest BCUT2D eigenvalue weighted by atomic mass is 9.94. The Kier molecular flexibility index (Phi) is 5.20. The van der Waals surface area contributed by atoms with Gasteiger partial charge >= 0.3 is 0 Å². The molecule has 2 nitrogen and oxygen atoms in total. The number of para-hydroxylation sites is 1. The maximum absolute atomic E-state index is 13.9. The van der Waals surface area contributed by atoms with Gasteiger partial charge in [-0.15, -0.1) is 0 Å². The van der Waals surface area contributed by atoms with E-state index in [4.69, 9.17) is 5.73 Å². The number of nitrogens with zero attached hydrogens (tertiary/aromatic N) is 1. The second-order valence-electron chi connectivity index (χ2n) is 5.55. The van der Waals surface area contributed by atoms with Crippen LogP contribution in [0.15, 0.2) is 24.3 Å². The van der Waals surface area contributed by atoms with Crippen LogP contribution in [0.2, 0.25) is 0 Å². The van der Waals surface area contributed by atoms with Crippen molar-refractivity contribution in [3.05, 3.63) is 30.1 Å². The number of benzene rings is 1. The Morgan fingerprint density at radius 3 is 2.68 bits per heavy atom. The van der Waals surface area contributed by atoms with Gasteiger partial charge in [0.2, 0.25) is 0 Å². The van der Waals surface area contributed by atoms with Gasteiger partial charge in [0.1, 0.15) is 5.82 Å². The topological polar surface area (TPSA) is 29.3 Å². The zero-order valence-corrected chi connectivity index (χ0v) is 11.8. The Balaban J connectivity index is 2.08. The van der Waals surface area contributed by atoms with Crippen molar-refractivity contribution >= 4 is 5.69 Å². The Morgan fingerprint density at radius 1 is 1.21 bits per heavy atom. The van der Waals surface area contributed by atoms with Crippen molar-refractivity contribution in [2.24, 2.45) is 11.7 Å². The molecule has 0 bridgehead atoms. The van der Waals surface area contributed by atoms with Gasteiger partial charge < -0.3 is 10.6 Å². The highest BCUT2D eigenvalue weighted by molar-refractivity contribution is 5.47. The average Bonchev–Trinajstić information content (AvgIpc) is 2.62. The third kappa shape index (κ3) is 3.69. The fourth-order valence-corrected chi connectivity index (χ4v) is 3.03. The van der Waals surface area contributed by atoms with Crippen LogP contribution in [0, 0.1) is 11.7 Å². The quantitative estimate of drug-likeness (QED) is 0.843. The zero-order chi connectivity index (χ0) is 13.7. The zero-order valence-electron chi connectivity index (χ0n) is 11.8. The molecule has 0 radical (unpaired) electrons. The molecule has 1 fully saturated rings. The second kappa shape index (κ2) is 6.90. The molecule has 1 aliphatic carbocycles. The molecule has 2 atom stereocenters. The molecule has 2 rings (SSSR count). The van der Waals surface area contributed by atoms with E-state index in [9.17, 15) is 4.39 Å². The Labute approximate surface area is 115 Å². The summed E-state index contributed by atoms with van der Waals surface area (Å²) in [6.45, 7) is 3.78. The van der Waals surface area contributed by atoms with Gasteiger partial charge in [-0.05, 0) is 37.8 Å². The first kappa shape index (κ1) is 14.3. The lowest BCUT2D eigenvalue weighted by molar-refractivity contribution is 0.395. The summed E-state index contributed by atoms with van der Waals surface area (Å²) in [5, 5.41) is 0. The molecule has 0 aliphatic heterocycles. The molecule has 106 valence electrons. The molecule has 0 aromatic heterocycles. The van der Waals surface area contributed by atoms with E-state index < -0.39 is 0 Å². The highest BCUT2D eigenvalue weighted by atomic mass is 19.1. The van der Waals surface area contributed by atoms with Gasteiger partial charge in [-0.3, -0.25) is 0 Å². The molecule has 0 saturated heterocycles. The number of hydrogen-bond acceptors (Lipinski definition) is 2. The van der Waals surface area contributed by atoms with E-state index in [1.807, 2.05) is 12.1 Å². The Hall–Kier alpha value is -1.09. The third-order valence-electron chi connectivity index (χ3n) is 4.25. The van der Waals surface area contributed by atoms with Crippen LogP contribution in [-0.4, -0.2) is 19.1 Å². The molecule has 19 heavy (non-hydrogen) atoms. The van der Waals surface area contributed by atoms with Crippen molar-refractivity contribution in [1.82, 2.24) is 0 Å². The smallest absolute Gasteiger partial charge is 0.146 e. The maximum atomic E-state index is 13.9. The van der Waals surface area contributed by atoms with Gasteiger partial charge in [0.15, 0.2) is 0 Å². The predicted octanol–water partition coefficient (Wildman–Crippen LogP) is 3.56. The minimum absolute atomic E-state index is 0.133. The molecule has 1 aromatic carbocycles. The molecule has 1 aliphatic rings. The number of hydrogen-bond donors (Lipinski definition) is 1. The summed E-state index contributed by atoms with van der Waals surface area (Å²) in [4.78, 5) is 2.13.